The molecule has 0 aromatic heterocycles. The smallest absolute Gasteiger partial charge is 0.249 e. The van der Waals surface area contributed by atoms with Crippen LogP contribution in [-0.2, 0) is 9.53 Å². The summed E-state index contributed by atoms with van der Waals surface area (Å²) >= 11 is 0. The molecule has 1 saturated heterocycles. The average molecular weight is 244 g/mol. The van der Waals surface area contributed by atoms with Crippen molar-refractivity contribution in [2.24, 2.45) is 5.41 Å². The number of aryl methyl sites for hydroxylation is 3. The first-order valence-electron chi connectivity index (χ1n) is 5.87. The fraction of sp³-hybridized carbons (Fsp3) is 0.429. The Hall–Kier alpha value is -1.86. The van der Waals surface area contributed by atoms with Crippen molar-refractivity contribution in [2.75, 3.05) is 18.5 Å². The Bertz CT molecular complexity index is 539. The van der Waals surface area contributed by atoms with Crippen molar-refractivity contribution in [3.8, 4) is 6.07 Å². The summed E-state index contributed by atoms with van der Waals surface area (Å²) in [6.45, 7) is 6.33. The van der Waals surface area contributed by atoms with Crippen molar-refractivity contribution >= 4 is 11.6 Å². The van der Waals surface area contributed by atoms with Gasteiger partial charge in [-0.1, -0.05) is 6.07 Å². The molecule has 1 aromatic rings. The van der Waals surface area contributed by atoms with Gasteiger partial charge in [-0.05, 0) is 43.5 Å². The second-order valence-electron chi connectivity index (χ2n) is 4.89. The van der Waals surface area contributed by atoms with Crippen LogP contribution in [0, 0.1) is 37.5 Å². The second kappa shape index (κ2) is 4.43. The van der Waals surface area contributed by atoms with E-state index in [1.165, 1.54) is 5.56 Å². The number of nitrogens with one attached hydrogen (secondary N) is 1. The molecule has 94 valence electrons. The van der Waals surface area contributed by atoms with E-state index < -0.39 is 5.41 Å². The average Bonchev–Trinajstić information content (AvgIpc) is 2.25. The molecule has 1 aliphatic heterocycles. The zero-order chi connectivity index (χ0) is 13.3. The van der Waals surface area contributed by atoms with Crippen LogP contribution >= 0.6 is 0 Å². The Balaban J connectivity index is 2.22. The highest BCUT2D eigenvalue weighted by atomic mass is 16.5. The number of benzene rings is 1. The minimum atomic E-state index is -1.01. The first-order chi connectivity index (χ1) is 8.48. The Morgan fingerprint density at radius 2 is 1.89 bits per heavy atom. The molecule has 0 aliphatic carbocycles. The number of nitriles is 1. The lowest BCUT2D eigenvalue weighted by Gasteiger charge is -2.33. The number of amides is 1. The third kappa shape index (κ3) is 1.98. The van der Waals surface area contributed by atoms with E-state index >= 15 is 0 Å². The molecule has 1 aliphatic rings. The molecule has 1 fully saturated rings. The summed E-state index contributed by atoms with van der Waals surface area (Å²) in [5.74, 6) is -0.275. The number of carbonyl (C=O) groups excluding carboxylic acids is 1. The normalized spacial score (nSPS) is 16.6. The Morgan fingerprint density at radius 1 is 1.28 bits per heavy atom. The van der Waals surface area contributed by atoms with Gasteiger partial charge in [0.05, 0.1) is 19.3 Å². The van der Waals surface area contributed by atoms with Gasteiger partial charge in [0.2, 0.25) is 5.91 Å². The van der Waals surface area contributed by atoms with Crippen molar-refractivity contribution in [1.82, 2.24) is 0 Å². The Morgan fingerprint density at radius 3 is 2.39 bits per heavy atom. The predicted octanol–water partition coefficient (Wildman–Crippen LogP) is 2.09. The first kappa shape index (κ1) is 12.6. The van der Waals surface area contributed by atoms with Crippen molar-refractivity contribution in [1.29, 1.82) is 5.26 Å². The molecule has 4 heteroatoms. The molecular weight excluding hydrogens is 228 g/mol. The van der Waals surface area contributed by atoms with Crippen molar-refractivity contribution in [3.63, 3.8) is 0 Å². The maximum absolute atomic E-state index is 12.1. The highest BCUT2D eigenvalue weighted by Crippen LogP contribution is 2.29. The number of anilines is 1. The Labute approximate surface area is 107 Å². The standard InChI is InChI=1S/C14H16N2O2/c1-9-4-11(3)12(5-10(9)2)16-13(17)14(6-15)7-18-8-14/h4-5H,7-8H2,1-3H3,(H,16,17). The summed E-state index contributed by atoms with van der Waals surface area (Å²) in [6, 6.07) is 6.01. The van der Waals surface area contributed by atoms with Gasteiger partial charge < -0.3 is 10.1 Å². The molecule has 4 nitrogen and oxygen atoms in total. The molecule has 1 N–H and O–H groups in total. The van der Waals surface area contributed by atoms with Crippen molar-refractivity contribution < 1.29 is 9.53 Å². The number of ether oxygens (including phenoxy) is 1. The molecule has 18 heavy (non-hydrogen) atoms. The van der Waals surface area contributed by atoms with Gasteiger partial charge in [-0.3, -0.25) is 4.79 Å². The molecule has 0 radical (unpaired) electrons. The minimum Gasteiger partial charge on any atom is -0.377 e. The maximum Gasteiger partial charge on any atom is 0.249 e. The SMILES string of the molecule is Cc1cc(C)c(NC(=O)C2(C#N)COC2)cc1C. The van der Waals surface area contributed by atoms with E-state index in [0.29, 0.717) is 0 Å². The molecule has 1 heterocycles. The van der Waals surface area contributed by atoms with Crippen LogP contribution in [0.4, 0.5) is 5.69 Å². The highest BCUT2D eigenvalue weighted by Gasteiger charge is 2.46. The van der Waals surface area contributed by atoms with E-state index in [1.54, 1.807) is 0 Å². The van der Waals surface area contributed by atoms with Crippen molar-refractivity contribution in [2.45, 2.75) is 20.8 Å². The van der Waals surface area contributed by atoms with Gasteiger partial charge in [-0.15, -0.1) is 0 Å². The third-order valence-corrected chi connectivity index (χ3v) is 3.43. The van der Waals surface area contributed by atoms with E-state index in [4.69, 9.17) is 10.00 Å². The van der Waals surface area contributed by atoms with E-state index in [1.807, 2.05) is 39.0 Å². The van der Waals surface area contributed by atoms with Crippen LogP contribution in [0.15, 0.2) is 12.1 Å². The van der Waals surface area contributed by atoms with E-state index in [9.17, 15) is 4.79 Å². The van der Waals surface area contributed by atoms with Crippen LogP contribution in [0.1, 0.15) is 16.7 Å². The predicted molar refractivity (Wildman–Crippen MR) is 68.1 cm³/mol. The van der Waals surface area contributed by atoms with Gasteiger partial charge in [0.25, 0.3) is 0 Å². The van der Waals surface area contributed by atoms with Crippen molar-refractivity contribution in [3.05, 3.63) is 28.8 Å². The first-order valence-corrected chi connectivity index (χ1v) is 5.87. The fourth-order valence-electron chi connectivity index (χ4n) is 1.89. The molecule has 2 rings (SSSR count). The summed E-state index contributed by atoms with van der Waals surface area (Å²) in [4.78, 5) is 12.1. The summed E-state index contributed by atoms with van der Waals surface area (Å²) in [5, 5.41) is 11.9. The summed E-state index contributed by atoms with van der Waals surface area (Å²) in [5.41, 5.74) is 3.06. The molecule has 0 saturated carbocycles. The lowest BCUT2D eigenvalue weighted by atomic mass is 9.86. The van der Waals surface area contributed by atoms with Crippen LogP contribution in [0.25, 0.3) is 0 Å². The van der Waals surface area contributed by atoms with Crippen LogP contribution < -0.4 is 5.32 Å². The van der Waals surface area contributed by atoms with E-state index in [0.717, 1.165) is 16.8 Å². The second-order valence-corrected chi connectivity index (χ2v) is 4.89. The molecule has 0 spiro atoms. The quantitative estimate of drug-likeness (QED) is 0.866. The molecule has 1 aromatic carbocycles. The third-order valence-electron chi connectivity index (χ3n) is 3.43. The van der Waals surface area contributed by atoms with Gasteiger partial charge >= 0.3 is 0 Å². The fourth-order valence-corrected chi connectivity index (χ4v) is 1.89. The topological polar surface area (TPSA) is 62.1 Å². The monoisotopic (exact) mass is 244 g/mol. The largest absolute Gasteiger partial charge is 0.377 e. The van der Waals surface area contributed by atoms with Crippen LogP contribution in [0.3, 0.4) is 0 Å². The Kier molecular flexibility index (Phi) is 3.10. The van der Waals surface area contributed by atoms with Crippen LogP contribution in [-0.4, -0.2) is 19.1 Å². The lowest BCUT2D eigenvalue weighted by Crippen LogP contribution is -2.50. The maximum atomic E-state index is 12.1. The number of hydrogen-bond donors (Lipinski definition) is 1. The van der Waals surface area contributed by atoms with Gasteiger partial charge in [-0.2, -0.15) is 5.26 Å². The summed E-state index contributed by atoms with van der Waals surface area (Å²) in [7, 11) is 0. The molecule has 0 unspecified atom stereocenters. The molecule has 0 bridgehead atoms. The van der Waals surface area contributed by atoms with E-state index in [2.05, 4.69) is 5.32 Å². The van der Waals surface area contributed by atoms with Gasteiger partial charge in [0.1, 0.15) is 0 Å². The zero-order valence-electron chi connectivity index (χ0n) is 10.8. The molecule has 1 amide bonds. The number of hydrogen-bond acceptors (Lipinski definition) is 3. The summed E-state index contributed by atoms with van der Waals surface area (Å²) < 4.78 is 4.98. The molecular formula is C14H16N2O2. The minimum absolute atomic E-state index is 0.180. The van der Waals surface area contributed by atoms with Crippen LogP contribution in [0.2, 0.25) is 0 Å². The number of nitrogens with zero attached hydrogens (tertiary/aromatic N) is 1. The zero-order valence-corrected chi connectivity index (χ0v) is 10.8. The van der Waals surface area contributed by atoms with E-state index in [-0.39, 0.29) is 19.1 Å². The number of rotatable bonds is 2. The molecule has 0 atom stereocenters. The lowest BCUT2D eigenvalue weighted by molar-refractivity contribution is -0.144. The van der Waals surface area contributed by atoms with Gasteiger partial charge in [0, 0.05) is 5.69 Å². The summed E-state index contributed by atoms with van der Waals surface area (Å²) in [6.07, 6.45) is 0. The number of carbonyl (C=O) groups is 1. The highest BCUT2D eigenvalue weighted by molar-refractivity contribution is 5.98. The van der Waals surface area contributed by atoms with Crippen LogP contribution in [0.5, 0.6) is 0 Å². The van der Waals surface area contributed by atoms with Gasteiger partial charge in [0.15, 0.2) is 5.41 Å². The van der Waals surface area contributed by atoms with Gasteiger partial charge in [-0.25, -0.2) is 0 Å².